The highest BCUT2D eigenvalue weighted by Crippen LogP contribution is 2.15. The molecule has 8 heteroatoms. The molecule has 132 valence electrons. The molecule has 0 bridgehead atoms. The third kappa shape index (κ3) is 3.96. The maximum atomic E-state index is 12.3. The Hall–Kier alpha value is -2.90. The van der Waals surface area contributed by atoms with Gasteiger partial charge in [0, 0.05) is 44.8 Å². The fraction of sp³-hybridized carbons (Fsp3) is 0.412. The largest absolute Gasteiger partial charge is 0.339 e. The van der Waals surface area contributed by atoms with Crippen molar-refractivity contribution < 1.29 is 4.79 Å². The molecule has 0 aromatic carbocycles. The Bertz CT molecular complexity index is 805. The molecule has 25 heavy (non-hydrogen) atoms. The van der Waals surface area contributed by atoms with Crippen LogP contribution in [0, 0.1) is 6.92 Å². The molecule has 0 radical (unpaired) electrons. The zero-order chi connectivity index (χ0) is 17.8. The molecule has 1 atom stereocenters. The molecule has 1 fully saturated rings. The number of hydrogen-bond acceptors (Lipinski definition) is 5. The lowest BCUT2D eigenvalue weighted by Crippen LogP contribution is -2.49. The number of aromatic nitrogens is 3. The summed E-state index contributed by atoms with van der Waals surface area (Å²) in [5, 5.41) is 5.63. The average Bonchev–Trinajstić information content (AvgIpc) is 2.63. The summed E-state index contributed by atoms with van der Waals surface area (Å²) < 4.78 is 1.44. The van der Waals surface area contributed by atoms with Crippen LogP contribution in [0.15, 0.2) is 35.5 Å². The second kappa shape index (κ2) is 7.33. The van der Waals surface area contributed by atoms with E-state index in [1.165, 1.54) is 4.57 Å². The number of urea groups is 1. The van der Waals surface area contributed by atoms with Gasteiger partial charge < -0.3 is 20.1 Å². The summed E-state index contributed by atoms with van der Waals surface area (Å²) in [5.74, 6) is 0.669. The van der Waals surface area contributed by atoms with E-state index in [1.54, 1.807) is 44.7 Å². The molecular weight excluding hydrogens is 320 g/mol. The van der Waals surface area contributed by atoms with Crippen molar-refractivity contribution in [3.8, 4) is 0 Å². The van der Waals surface area contributed by atoms with Crippen LogP contribution < -0.4 is 21.1 Å². The highest BCUT2D eigenvalue weighted by atomic mass is 16.2. The minimum absolute atomic E-state index is 0.0228. The minimum Gasteiger partial charge on any atom is -0.339 e. The second-order valence-corrected chi connectivity index (χ2v) is 6.22. The number of piperidine rings is 1. The number of nitrogens with one attached hydrogen (secondary N) is 2. The van der Waals surface area contributed by atoms with Crippen molar-refractivity contribution in [1.29, 1.82) is 0 Å². The van der Waals surface area contributed by atoms with Crippen LogP contribution in [0.2, 0.25) is 0 Å². The van der Waals surface area contributed by atoms with Crippen LogP contribution in [-0.2, 0) is 7.05 Å². The van der Waals surface area contributed by atoms with Gasteiger partial charge in [-0.05, 0) is 37.5 Å². The summed E-state index contributed by atoms with van der Waals surface area (Å²) in [4.78, 5) is 35.0. The summed E-state index contributed by atoms with van der Waals surface area (Å²) >= 11 is 0. The Morgan fingerprint density at radius 3 is 2.84 bits per heavy atom. The second-order valence-electron chi connectivity index (χ2n) is 6.22. The smallest absolute Gasteiger partial charge is 0.319 e. The van der Waals surface area contributed by atoms with Gasteiger partial charge >= 0.3 is 6.03 Å². The summed E-state index contributed by atoms with van der Waals surface area (Å²) in [6, 6.07) is 3.18. The molecule has 3 rings (SSSR count). The Balaban J connectivity index is 1.63. The molecule has 3 heterocycles. The Morgan fingerprint density at radius 1 is 1.32 bits per heavy atom. The third-order valence-corrected chi connectivity index (χ3v) is 4.31. The number of amides is 2. The van der Waals surface area contributed by atoms with Gasteiger partial charge in [-0.3, -0.25) is 4.79 Å². The van der Waals surface area contributed by atoms with E-state index >= 15 is 0 Å². The van der Waals surface area contributed by atoms with Crippen molar-refractivity contribution in [3.05, 3.63) is 46.6 Å². The molecule has 2 aromatic rings. The maximum absolute atomic E-state index is 12.3. The van der Waals surface area contributed by atoms with Crippen LogP contribution >= 0.6 is 0 Å². The van der Waals surface area contributed by atoms with Gasteiger partial charge in [-0.2, -0.15) is 0 Å². The lowest BCUT2D eigenvalue weighted by Gasteiger charge is -2.33. The van der Waals surface area contributed by atoms with Crippen LogP contribution in [-0.4, -0.2) is 39.7 Å². The van der Waals surface area contributed by atoms with Crippen LogP contribution in [0.3, 0.4) is 0 Å². The van der Waals surface area contributed by atoms with Crippen LogP contribution in [0.5, 0.6) is 0 Å². The number of hydrogen-bond donors (Lipinski definition) is 2. The van der Waals surface area contributed by atoms with Crippen LogP contribution in [0.1, 0.15) is 18.4 Å². The van der Waals surface area contributed by atoms with Gasteiger partial charge in [-0.1, -0.05) is 0 Å². The number of pyridine rings is 1. The maximum Gasteiger partial charge on any atom is 0.319 e. The lowest BCUT2D eigenvalue weighted by atomic mass is 10.1. The first-order valence-corrected chi connectivity index (χ1v) is 8.30. The molecule has 8 nitrogen and oxygen atoms in total. The van der Waals surface area contributed by atoms with Gasteiger partial charge in [0.2, 0.25) is 5.95 Å². The van der Waals surface area contributed by atoms with Crippen molar-refractivity contribution in [2.45, 2.75) is 25.8 Å². The Kier molecular flexibility index (Phi) is 4.97. The number of carbonyl (C=O) groups is 1. The van der Waals surface area contributed by atoms with Gasteiger partial charge in [0.15, 0.2) is 0 Å². The van der Waals surface area contributed by atoms with Gasteiger partial charge in [0.25, 0.3) is 5.56 Å². The van der Waals surface area contributed by atoms with E-state index in [0.29, 0.717) is 18.2 Å². The van der Waals surface area contributed by atoms with Gasteiger partial charge in [0.05, 0.1) is 0 Å². The van der Waals surface area contributed by atoms with Crippen molar-refractivity contribution >= 4 is 17.7 Å². The SMILES string of the molecule is Cc1ccn(C)c(=O)c1NC(=O)N[C@@H]1CCCN(c2ncccn2)C1. The summed E-state index contributed by atoms with van der Waals surface area (Å²) in [5.41, 5.74) is 0.820. The normalized spacial score (nSPS) is 17.2. The number of aryl methyl sites for hydroxylation is 2. The summed E-state index contributed by atoms with van der Waals surface area (Å²) in [6.45, 7) is 3.30. The monoisotopic (exact) mass is 342 g/mol. The molecule has 1 aliphatic rings. The van der Waals surface area contributed by atoms with E-state index in [-0.39, 0.29) is 17.6 Å². The molecular formula is C17H22N6O2. The molecule has 0 unspecified atom stereocenters. The van der Waals surface area contributed by atoms with E-state index in [1.807, 2.05) is 0 Å². The van der Waals surface area contributed by atoms with Crippen LogP contribution in [0.25, 0.3) is 0 Å². The molecule has 0 saturated carbocycles. The average molecular weight is 342 g/mol. The molecule has 1 saturated heterocycles. The quantitative estimate of drug-likeness (QED) is 0.876. The van der Waals surface area contributed by atoms with E-state index < -0.39 is 0 Å². The summed E-state index contributed by atoms with van der Waals surface area (Å²) in [6.07, 6.45) is 6.91. The topological polar surface area (TPSA) is 92.2 Å². The fourth-order valence-electron chi connectivity index (χ4n) is 2.94. The van der Waals surface area contributed by atoms with Crippen molar-refractivity contribution in [2.24, 2.45) is 7.05 Å². The molecule has 1 aliphatic heterocycles. The van der Waals surface area contributed by atoms with E-state index in [9.17, 15) is 9.59 Å². The molecule has 2 amide bonds. The molecule has 2 aromatic heterocycles. The standard InChI is InChI=1S/C17H22N6O2/c1-12-6-10-22(2)15(24)14(12)21-17(25)20-13-5-3-9-23(11-13)16-18-7-4-8-19-16/h4,6-8,10,13H,3,5,9,11H2,1-2H3,(H2,20,21,25)/t13-/m1/s1. The third-order valence-electron chi connectivity index (χ3n) is 4.31. The van der Waals surface area contributed by atoms with Crippen molar-refractivity contribution in [1.82, 2.24) is 19.9 Å². The van der Waals surface area contributed by atoms with Gasteiger partial charge in [-0.25, -0.2) is 14.8 Å². The Labute approximate surface area is 145 Å². The Morgan fingerprint density at radius 2 is 2.08 bits per heavy atom. The van der Waals surface area contributed by atoms with Crippen molar-refractivity contribution in [3.63, 3.8) is 0 Å². The molecule has 0 spiro atoms. The van der Waals surface area contributed by atoms with Gasteiger partial charge in [-0.15, -0.1) is 0 Å². The number of carbonyl (C=O) groups excluding carboxylic acids is 1. The zero-order valence-electron chi connectivity index (χ0n) is 14.4. The van der Waals surface area contributed by atoms with Crippen molar-refractivity contribution in [2.75, 3.05) is 23.3 Å². The summed E-state index contributed by atoms with van der Waals surface area (Å²) in [7, 11) is 1.66. The predicted octanol–water partition coefficient (Wildman–Crippen LogP) is 1.27. The zero-order valence-corrected chi connectivity index (χ0v) is 14.4. The van der Waals surface area contributed by atoms with E-state index in [4.69, 9.17) is 0 Å². The number of nitrogens with zero attached hydrogens (tertiary/aromatic N) is 4. The minimum atomic E-state index is -0.368. The lowest BCUT2D eigenvalue weighted by molar-refractivity contribution is 0.246. The van der Waals surface area contributed by atoms with Crippen LogP contribution in [0.4, 0.5) is 16.4 Å². The van der Waals surface area contributed by atoms with E-state index in [2.05, 4.69) is 25.5 Å². The van der Waals surface area contributed by atoms with E-state index in [0.717, 1.165) is 24.9 Å². The van der Waals surface area contributed by atoms with Gasteiger partial charge in [0.1, 0.15) is 5.69 Å². The first-order valence-electron chi connectivity index (χ1n) is 8.30. The number of rotatable bonds is 3. The molecule has 0 aliphatic carbocycles. The predicted molar refractivity (Wildman–Crippen MR) is 95.8 cm³/mol. The first kappa shape index (κ1) is 16.9. The highest BCUT2D eigenvalue weighted by Gasteiger charge is 2.23. The highest BCUT2D eigenvalue weighted by molar-refractivity contribution is 5.90. The number of anilines is 2. The first-order chi connectivity index (χ1) is 12.0. The molecule has 2 N–H and O–H groups in total. The fourth-order valence-corrected chi connectivity index (χ4v) is 2.94.